The van der Waals surface area contributed by atoms with Gasteiger partial charge in [-0.1, -0.05) is 26.0 Å². The monoisotopic (exact) mass is 323 g/mol. The lowest BCUT2D eigenvalue weighted by molar-refractivity contribution is -0.120. The smallest absolute Gasteiger partial charge is 0.231 e. The summed E-state index contributed by atoms with van der Waals surface area (Å²) in [6, 6.07) is 9.92. The van der Waals surface area contributed by atoms with Crippen molar-refractivity contribution >= 4 is 5.78 Å². The van der Waals surface area contributed by atoms with E-state index in [1.54, 1.807) is 0 Å². The van der Waals surface area contributed by atoms with Crippen LogP contribution in [0.2, 0.25) is 0 Å². The average molecular weight is 323 g/mol. The molecule has 2 aliphatic rings. The summed E-state index contributed by atoms with van der Waals surface area (Å²) in [5.41, 5.74) is 2.74. The Labute approximate surface area is 141 Å². The van der Waals surface area contributed by atoms with Crippen molar-refractivity contribution in [2.75, 3.05) is 6.79 Å². The number of benzene rings is 1. The zero-order valence-electron chi connectivity index (χ0n) is 14.0. The molecule has 0 saturated heterocycles. The molecule has 4 heteroatoms. The number of hydrogen-bond acceptors (Lipinski definition) is 4. The van der Waals surface area contributed by atoms with E-state index in [1.807, 2.05) is 36.5 Å². The summed E-state index contributed by atoms with van der Waals surface area (Å²) in [6.45, 7) is 4.49. The maximum absolute atomic E-state index is 12.9. The highest BCUT2D eigenvalue weighted by Crippen LogP contribution is 2.51. The molecule has 0 amide bonds. The largest absolute Gasteiger partial charge is 0.454 e. The Morgan fingerprint density at radius 2 is 1.96 bits per heavy atom. The molecule has 1 aromatic carbocycles. The Hall–Kier alpha value is -2.36. The molecule has 0 atom stereocenters. The maximum atomic E-state index is 12.9. The van der Waals surface area contributed by atoms with Gasteiger partial charge in [0.05, 0.1) is 5.41 Å². The molecule has 0 unspecified atom stereocenters. The van der Waals surface area contributed by atoms with E-state index in [0.29, 0.717) is 12.3 Å². The predicted octanol–water partition coefficient (Wildman–Crippen LogP) is 3.78. The van der Waals surface area contributed by atoms with Crippen LogP contribution < -0.4 is 9.47 Å². The Kier molecular flexibility index (Phi) is 3.56. The molecule has 0 radical (unpaired) electrons. The number of ketones is 1. The van der Waals surface area contributed by atoms with Crippen molar-refractivity contribution in [3.05, 3.63) is 53.3 Å². The van der Waals surface area contributed by atoms with Crippen LogP contribution in [0, 0.1) is 0 Å². The van der Waals surface area contributed by atoms with Gasteiger partial charge in [-0.15, -0.1) is 0 Å². The normalized spacial score (nSPS) is 17.1. The first-order valence-electron chi connectivity index (χ1n) is 8.47. The summed E-state index contributed by atoms with van der Waals surface area (Å²) in [5, 5.41) is 0. The fourth-order valence-electron chi connectivity index (χ4n) is 3.28. The lowest BCUT2D eigenvalue weighted by Gasteiger charge is -2.15. The second kappa shape index (κ2) is 5.62. The summed E-state index contributed by atoms with van der Waals surface area (Å²) < 4.78 is 10.8. The molecule has 1 aliphatic heterocycles. The van der Waals surface area contributed by atoms with Crippen LogP contribution in [-0.2, 0) is 16.6 Å². The SMILES string of the molecule is CC(C)c1ccc(CC(=O)C2(c3ccc4c(c3)OCO4)CC2)cn1. The van der Waals surface area contributed by atoms with E-state index < -0.39 is 0 Å². The molecule has 4 nitrogen and oxygen atoms in total. The number of hydrogen-bond donors (Lipinski definition) is 0. The van der Waals surface area contributed by atoms with Crippen LogP contribution in [0.4, 0.5) is 0 Å². The van der Waals surface area contributed by atoms with Gasteiger partial charge in [-0.3, -0.25) is 9.78 Å². The summed E-state index contributed by atoms with van der Waals surface area (Å²) in [5.74, 6) is 2.17. The van der Waals surface area contributed by atoms with E-state index in [0.717, 1.165) is 41.2 Å². The molecule has 24 heavy (non-hydrogen) atoms. The fraction of sp³-hybridized carbons (Fsp3) is 0.400. The summed E-state index contributed by atoms with van der Waals surface area (Å²) in [4.78, 5) is 17.4. The average Bonchev–Trinajstić information content (AvgIpc) is 3.27. The van der Waals surface area contributed by atoms with Gasteiger partial charge in [0.2, 0.25) is 6.79 Å². The number of carbonyl (C=O) groups is 1. The second-order valence-corrected chi connectivity index (χ2v) is 7.00. The van der Waals surface area contributed by atoms with Crippen LogP contribution in [-0.4, -0.2) is 17.6 Å². The van der Waals surface area contributed by atoms with Crippen molar-refractivity contribution in [3.63, 3.8) is 0 Å². The van der Waals surface area contributed by atoms with Gasteiger partial charge < -0.3 is 9.47 Å². The third-order valence-corrected chi connectivity index (χ3v) is 5.01. The minimum absolute atomic E-state index is 0.258. The van der Waals surface area contributed by atoms with Crippen LogP contribution in [0.25, 0.3) is 0 Å². The topological polar surface area (TPSA) is 48.4 Å². The Bertz CT molecular complexity index is 776. The molecular weight excluding hydrogens is 302 g/mol. The molecule has 2 aromatic rings. The van der Waals surface area contributed by atoms with Crippen LogP contribution in [0.5, 0.6) is 11.5 Å². The lowest BCUT2D eigenvalue weighted by atomic mass is 9.88. The van der Waals surface area contributed by atoms with Gasteiger partial charge in [-0.2, -0.15) is 0 Å². The lowest BCUT2D eigenvalue weighted by Crippen LogP contribution is -2.22. The van der Waals surface area contributed by atoms with Crippen molar-refractivity contribution < 1.29 is 14.3 Å². The van der Waals surface area contributed by atoms with Crippen molar-refractivity contribution in [2.24, 2.45) is 0 Å². The number of carbonyl (C=O) groups excluding carboxylic acids is 1. The first-order chi connectivity index (χ1) is 11.6. The molecule has 0 bridgehead atoms. The van der Waals surface area contributed by atoms with Gasteiger partial charge in [0.25, 0.3) is 0 Å². The third-order valence-electron chi connectivity index (χ3n) is 5.01. The molecule has 0 N–H and O–H groups in total. The summed E-state index contributed by atoms with van der Waals surface area (Å²) >= 11 is 0. The molecule has 1 aromatic heterocycles. The minimum atomic E-state index is -0.350. The van der Waals surface area contributed by atoms with Crippen LogP contribution in [0.1, 0.15) is 49.4 Å². The Morgan fingerprint density at radius 3 is 2.62 bits per heavy atom. The highest BCUT2D eigenvalue weighted by Gasteiger charge is 2.50. The molecule has 1 aliphatic carbocycles. The standard InChI is InChI=1S/C20H21NO3/c1-13(2)16-5-3-14(11-21-16)9-19(22)20(7-8-20)15-4-6-17-18(10-15)24-12-23-17/h3-6,10-11,13H,7-9,12H2,1-2H3. The molecule has 124 valence electrons. The number of ether oxygens (including phenoxy) is 2. The first kappa shape index (κ1) is 15.2. The van der Waals surface area contributed by atoms with E-state index in [2.05, 4.69) is 18.8 Å². The number of pyridine rings is 1. The number of aromatic nitrogens is 1. The van der Waals surface area contributed by atoms with Crippen molar-refractivity contribution in [3.8, 4) is 11.5 Å². The third kappa shape index (κ3) is 2.56. The first-order valence-corrected chi connectivity index (χ1v) is 8.47. The van der Waals surface area contributed by atoms with Gasteiger partial charge in [0, 0.05) is 18.3 Å². The maximum Gasteiger partial charge on any atom is 0.231 e. The van der Waals surface area contributed by atoms with Gasteiger partial charge in [0.1, 0.15) is 5.78 Å². The zero-order valence-corrected chi connectivity index (χ0v) is 14.0. The van der Waals surface area contributed by atoms with E-state index in [4.69, 9.17) is 9.47 Å². The summed E-state index contributed by atoms with van der Waals surface area (Å²) in [7, 11) is 0. The summed E-state index contributed by atoms with van der Waals surface area (Å²) in [6.07, 6.45) is 4.08. The quantitative estimate of drug-likeness (QED) is 0.840. The number of rotatable bonds is 5. The zero-order chi connectivity index (χ0) is 16.7. The molecule has 2 heterocycles. The highest BCUT2D eigenvalue weighted by molar-refractivity contribution is 5.94. The number of Topliss-reactive ketones (excluding diaryl/α,β-unsaturated/α-hetero) is 1. The molecular formula is C20H21NO3. The van der Waals surface area contributed by atoms with E-state index in [9.17, 15) is 4.79 Å². The van der Waals surface area contributed by atoms with Gasteiger partial charge in [-0.05, 0) is 48.1 Å². The number of fused-ring (bicyclic) bond motifs is 1. The van der Waals surface area contributed by atoms with Crippen LogP contribution in [0.15, 0.2) is 36.5 Å². The van der Waals surface area contributed by atoms with Crippen molar-refractivity contribution in [1.29, 1.82) is 0 Å². The predicted molar refractivity (Wildman–Crippen MR) is 90.5 cm³/mol. The number of nitrogens with zero attached hydrogens (tertiary/aromatic N) is 1. The fourth-order valence-corrected chi connectivity index (χ4v) is 3.28. The Balaban J connectivity index is 1.53. The molecule has 4 rings (SSSR count). The van der Waals surface area contributed by atoms with Crippen molar-refractivity contribution in [1.82, 2.24) is 4.98 Å². The van der Waals surface area contributed by atoms with Gasteiger partial charge >= 0.3 is 0 Å². The van der Waals surface area contributed by atoms with Gasteiger partial charge in [-0.25, -0.2) is 0 Å². The molecule has 1 fully saturated rings. The minimum Gasteiger partial charge on any atom is -0.454 e. The van der Waals surface area contributed by atoms with Crippen molar-refractivity contribution in [2.45, 2.75) is 44.4 Å². The Morgan fingerprint density at radius 1 is 1.17 bits per heavy atom. The van der Waals surface area contributed by atoms with E-state index in [1.165, 1.54) is 0 Å². The van der Waals surface area contributed by atoms with E-state index in [-0.39, 0.29) is 18.0 Å². The molecule has 1 saturated carbocycles. The van der Waals surface area contributed by atoms with Crippen LogP contribution >= 0.6 is 0 Å². The van der Waals surface area contributed by atoms with Gasteiger partial charge in [0.15, 0.2) is 11.5 Å². The molecule has 0 spiro atoms. The highest BCUT2D eigenvalue weighted by atomic mass is 16.7. The second-order valence-electron chi connectivity index (χ2n) is 7.00. The van der Waals surface area contributed by atoms with Crippen LogP contribution in [0.3, 0.4) is 0 Å². The van der Waals surface area contributed by atoms with E-state index >= 15 is 0 Å².